The zero-order valence-electron chi connectivity index (χ0n) is 15.0. The average molecular weight is 364 g/mol. The number of fused-ring (bicyclic) bond motifs is 1. The second-order valence-corrected chi connectivity index (χ2v) is 6.79. The third-order valence-electron chi connectivity index (χ3n) is 4.86. The minimum absolute atomic E-state index is 0.00498. The van der Waals surface area contributed by atoms with Gasteiger partial charge in [0.25, 0.3) is 0 Å². The Labute approximate surface area is 157 Å². The lowest BCUT2D eigenvalue weighted by Gasteiger charge is -2.28. The van der Waals surface area contributed by atoms with E-state index in [0.717, 1.165) is 42.7 Å². The summed E-state index contributed by atoms with van der Waals surface area (Å²) in [5.41, 5.74) is 1.89. The standard InChI is InChI=1S/C21H21FN4O/c22-18-7-3-2-6-15(18)12-20(27)25-16-8-9-19-17(13-16)21(24-14-23-19)26-10-4-1-5-11-26/h2-3,6-9,13-14H,1,4-5,10-12H2,(H,25,27). The number of benzene rings is 2. The minimum Gasteiger partial charge on any atom is -0.356 e. The van der Waals surface area contributed by atoms with Crippen LogP contribution in [0.2, 0.25) is 0 Å². The Bertz CT molecular complexity index is 969. The fraction of sp³-hybridized carbons (Fsp3) is 0.286. The maximum absolute atomic E-state index is 13.8. The highest BCUT2D eigenvalue weighted by atomic mass is 19.1. The molecule has 0 atom stereocenters. The van der Waals surface area contributed by atoms with Crippen LogP contribution in [0.15, 0.2) is 48.8 Å². The molecule has 3 aromatic rings. The summed E-state index contributed by atoms with van der Waals surface area (Å²) in [7, 11) is 0. The highest BCUT2D eigenvalue weighted by Crippen LogP contribution is 2.28. The van der Waals surface area contributed by atoms with Gasteiger partial charge in [0.15, 0.2) is 0 Å². The Kier molecular flexibility index (Phi) is 4.96. The molecule has 1 aromatic heterocycles. The normalized spacial score (nSPS) is 14.3. The first-order valence-corrected chi connectivity index (χ1v) is 9.24. The van der Waals surface area contributed by atoms with E-state index < -0.39 is 0 Å². The number of nitrogens with one attached hydrogen (secondary N) is 1. The van der Waals surface area contributed by atoms with Crippen molar-refractivity contribution in [2.75, 3.05) is 23.3 Å². The number of rotatable bonds is 4. The van der Waals surface area contributed by atoms with Crippen molar-refractivity contribution < 1.29 is 9.18 Å². The van der Waals surface area contributed by atoms with Gasteiger partial charge in [-0.3, -0.25) is 4.79 Å². The predicted molar refractivity (Wildman–Crippen MR) is 104 cm³/mol. The molecule has 27 heavy (non-hydrogen) atoms. The van der Waals surface area contributed by atoms with E-state index in [1.807, 2.05) is 18.2 Å². The van der Waals surface area contributed by atoms with Crippen LogP contribution in [0.3, 0.4) is 0 Å². The van der Waals surface area contributed by atoms with E-state index in [2.05, 4.69) is 20.2 Å². The summed E-state index contributed by atoms with van der Waals surface area (Å²) in [4.78, 5) is 23.4. The molecule has 4 rings (SSSR count). The average Bonchev–Trinajstić information content (AvgIpc) is 2.70. The third-order valence-corrected chi connectivity index (χ3v) is 4.86. The number of carbonyl (C=O) groups is 1. The summed E-state index contributed by atoms with van der Waals surface area (Å²) < 4.78 is 13.8. The molecule has 5 nitrogen and oxygen atoms in total. The molecule has 2 heterocycles. The van der Waals surface area contributed by atoms with Crippen molar-refractivity contribution in [3.63, 3.8) is 0 Å². The van der Waals surface area contributed by atoms with Crippen molar-refractivity contribution in [2.45, 2.75) is 25.7 Å². The number of hydrogen-bond acceptors (Lipinski definition) is 4. The van der Waals surface area contributed by atoms with Gasteiger partial charge >= 0.3 is 0 Å². The van der Waals surface area contributed by atoms with Gasteiger partial charge in [-0.05, 0) is 49.1 Å². The summed E-state index contributed by atoms with van der Waals surface area (Å²) in [5.74, 6) is 0.285. The van der Waals surface area contributed by atoms with Crippen LogP contribution in [0, 0.1) is 5.82 Å². The van der Waals surface area contributed by atoms with E-state index in [0.29, 0.717) is 11.3 Å². The Balaban J connectivity index is 1.57. The largest absolute Gasteiger partial charge is 0.356 e. The first-order chi connectivity index (χ1) is 13.2. The number of carbonyl (C=O) groups excluding carboxylic acids is 1. The molecule has 6 heteroatoms. The smallest absolute Gasteiger partial charge is 0.228 e. The molecule has 1 amide bonds. The Morgan fingerprint density at radius 2 is 1.89 bits per heavy atom. The van der Waals surface area contributed by atoms with Crippen molar-refractivity contribution in [1.29, 1.82) is 0 Å². The molecule has 1 aliphatic rings. The maximum atomic E-state index is 13.8. The van der Waals surface area contributed by atoms with Crippen molar-refractivity contribution in [3.05, 3.63) is 60.2 Å². The lowest BCUT2D eigenvalue weighted by Crippen LogP contribution is -2.30. The third kappa shape index (κ3) is 3.89. The summed E-state index contributed by atoms with van der Waals surface area (Å²) in [6.07, 6.45) is 5.14. The van der Waals surface area contributed by atoms with E-state index in [9.17, 15) is 9.18 Å². The van der Waals surface area contributed by atoms with Gasteiger partial charge in [-0.1, -0.05) is 18.2 Å². The molecule has 138 valence electrons. The van der Waals surface area contributed by atoms with Crippen LogP contribution in [0.5, 0.6) is 0 Å². The second kappa shape index (κ2) is 7.70. The van der Waals surface area contributed by atoms with Crippen LogP contribution in [-0.2, 0) is 11.2 Å². The van der Waals surface area contributed by atoms with Gasteiger partial charge in [-0.2, -0.15) is 0 Å². The minimum atomic E-state index is -0.369. The van der Waals surface area contributed by atoms with Gasteiger partial charge in [0.05, 0.1) is 11.9 Å². The topological polar surface area (TPSA) is 58.1 Å². The molecule has 0 aliphatic carbocycles. The van der Waals surface area contributed by atoms with Crippen LogP contribution >= 0.6 is 0 Å². The zero-order chi connectivity index (χ0) is 18.6. The van der Waals surface area contributed by atoms with Crippen molar-refractivity contribution in [2.24, 2.45) is 0 Å². The van der Waals surface area contributed by atoms with Gasteiger partial charge in [0.1, 0.15) is 18.0 Å². The van der Waals surface area contributed by atoms with Crippen molar-refractivity contribution in [1.82, 2.24) is 9.97 Å². The summed E-state index contributed by atoms with van der Waals surface area (Å²) >= 11 is 0. The van der Waals surface area contributed by atoms with Gasteiger partial charge in [-0.15, -0.1) is 0 Å². The number of piperidine rings is 1. The first kappa shape index (κ1) is 17.4. The number of hydrogen-bond donors (Lipinski definition) is 1. The summed E-state index contributed by atoms with van der Waals surface area (Å²) in [6.45, 7) is 1.96. The van der Waals surface area contributed by atoms with E-state index >= 15 is 0 Å². The second-order valence-electron chi connectivity index (χ2n) is 6.79. The molecule has 2 aromatic carbocycles. The molecule has 1 N–H and O–H groups in total. The Morgan fingerprint density at radius 3 is 2.70 bits per heavy atom. The molecule has 0 spiro atoms. The number of anilines is 2. The number of nitrogens with zero attached hydrogens (tertiary/aromatic N) is 3. The molecule has 0 radical (unpaired) electrons. The lowest BCUT2D eigenvalue weighted by molar-refractivity contribution is -0.115. The van der Waals surface area contributed by atoms with Crippen LogP contribution in [0.1, 0.15) is 24.8 Å². The van der Waals surface area contributed by atoms with Crippen LogP contribution in [0.25, 0.3) is 10.9 Å². The number of halogens is 1. The molecule has 0 saturated carbocycles. The van der Waals surface area contributed by atoms with Crippen LogP contribution in [-0.4, -0.2) is 29.0 Å². The number of aromatic nitrogens is 2. The van der Waals surface area contributed by atoms with Crippen LogP contribution in [0.4, 0.5) is 15.9 Å². The summed E-state index contributed by atoms with van der Waals surface area (Å²) in [5, 5.41) is 3.78. The van der Waals surface area contributed by atoms with E-state index in [1.54, 1.807) is 24.5 Å². The highest BCUT2D eigenvalue weighted by Gasteiger charge is 2.16. The monoisotopic (exact) mass is 364 g/mol. The van der Waals surface area contributed by atoms with Crippen molar-refractivity contribution in [3.8, 4) is 0 Å². The molecule has 1 fully saturated rings. The fourth-order valence-corrected chi connectivity index (χ4v) is 3.50. The SMILES string of the molecule is O=C(Cc1ccccc1F)Nc1ccc2ncnc(N3CCCCC3)c2c1. The fourth-order valence-electron chi connectivity index (χ4n) is 3.50. The first-order valence-electron chi connectivity index (χ1n) is 9.24. The number of amides is 1. The van der Waals surface area contributed by atoms with Gasteiger partial charge in [0, 0.05) is 24.2 Å². The quantitative estimate of drug-likeness (QED) is 0.762. The lowest BCUT2D eigenvalue weighted by atomic mass is 10.1. The van der Waals surface area contributed by atoms with E-state index in [4.69, 9.17) is 0 Å². The molecule has 0 bridgehead atoms. The summed E-state index contributed by atoms with van der Waals surface area (Å²) in [6, 6.07) is 11.9. The van der Waals surface area contributed by atoms with E-state index in [-0.39, 0.29) is 18.1 Å². The van der Waals surface area contributed by atoms with Crippen LogP contribution < -0.4 is 10.2 Å². The maximum Gasteiger partial charge on any atom is 0.228 e. The highest BCUT2D eigenvalue weighted by molar-refractivity contribution is 5.97. The van der Waals surface area contributed by atoms with Gasteiger partial charge in [-0.25, -0.2) is 14.4 Å². The van der Waals surface area contributed by atoms with E-state index in [1.165, 1.54) is 12.5 Å². The Hall–Kier alpha value is -3.02. The van der Waals surface area contributed by atoms with Gasteiger partial charge < -0.3 is 10.2 Å². The van der Waals surface area contributed by atoms with Crippen molar-refractivity contribution >= 4 is 28.3 Å². The van der Waals surface area contributed by atoms with Gasteiger partial charge in [0.2, 0.25) is 5.91 Å². The molecular formula is C21H21FN4O. The Morgan fingerprint density at radius 1 is 1.07 bits per heavy atom. The zero-order valence-corrected chi connectivity index (χ0v) is 15.0. The molecule has 0 unspecified atom stereocenters. The molecule has 1 aliphatic heterocycles. The molecular weight excluding hydrogens is 343 g/mol. The molecule has 1 saturated heterocycles. The predicted octanol–water partition coefficient (Wildman–Crippen LogP) is 3.94.